The Morgan fingerprint density at radius 1 is 1.17 bits per heavy atom. The van der Waals surface area contributed by atoms with Crippen molar-refractivity contribution in [3.63, 3.8) is 0 Å². The molecule has 2 aromatic carbocycles. The standard InChI is InChI=1S/C21H17N5O2S/c1-12-7-13(2)9-14(8-12)20-25-26-21(28-20)29-11-18(27)15(10-22)19-23-16-5-3-4-6-17(16)24-19/h3-9,27H,11H2,1-2H3,(H,23,24)/b18-15-. The third-order valence-corrected chi connectivity index (χ3v) is 5.06. The zero-order valence-corrected chi connectivity index (χ0v) is 16.6. The molecule has 0 amide bonds. The highest BCUT2D eigenvalue weighted by atomic mass is 32.2. The zero-order chi connectivity index (χ0) is 20.4. The van der Waals surface area contributed by atoms with Crippen LogP contribution in [0.4, 0.5) is 0 Å². The highest BCUT2D eigenvalue weighted by Crippen LogP contribution is 2.27. The molecule has 0 bridgehead atoms. The summed E-state index contributed by atoms with van der Waals surface area (Å²) in [6.07, 6.45) is 0. The van der Waals surface area contributed by atoms with E-state index in [4.69, 9.17) is 4.42 Å². The van der Waals surface area contributed by atoms with Crippen LogP contribution in [0.25, 0.3) is 28.1 Å². The number of nitrogens with zero attached hydrogens (tertiary/aromatic N) is 4. The number of imidazole rings is 1. The maximum absolute atomic E-state index is 10.4. The summed E-state index contributed by atoms with van der Waals surface area (Å²) in [7, 11) is 0. The van der Waals surface area contributed by atoms with Crippen molar-refractivity contribution in [2.24, 2.45) is 0 Å². The molecule has 0 fully saturated rings. The van der Waals surface area contributed by atoms with Gasteiger partial charge in [0, 0.05) is 5.56 Å². The zero-order valence-electron chi connectivity index (χ0n) is 15.8. The number of H-pyrrole nitrogens is 1. The SMILES string of the molecule is Cc1cc(C)cc(-c2nnc(SC/C(O)=C(\C#N)c3nc4ccccc4[nH]3)o2)c1. The molecule has 4 rings (SSSR count). The fraction of sp³-hybridized carbons (Fsp3) is 0.143. The summed E-state index contributed by atoms with van der Waals surface area (Å²) in [5.41, 5.74) is 4.68. The van der Waals surface area contributed by atoms with Crippen molar-refractivity contribution in [1.29, 1.82) is 5.26 Å². The van der Waals surface area contributed by atoms with Crippen LogP contribution in [0.1, 0.15) is 17.0 Å². The Morgan fingerprint density at radius 2 is 1.93 bits per heavy atom. The van der Waals surface area contributed by atoms with Crippen molar-refractivity contribution in [1.82, 2.24) is 20.2 Å². The number of aromatic amines is 1. The normalized spacial score (nSPS) is 12.0. The number of para-hydroxylation sites is 2. The van der Waals surface area contributed by atoms with E-state index in [0.717, 1.165) is 39.5 Å². The van der Waals surface area contributed by atoms with Gasteiger partial charge in [0.2, 0.25) is 5.89 Å². The summed E-state index contributed by atoms with van der Waals surface area (Å²) in [4.78, 5) is 7.41. The van der Waals surface area contributed by atoms with Gasteiger partial charge in [0.15, 0.2) is 5.82 Å². The van der Waals surface area contributed by atoms with Crippen molar-refractivity contribution in [3.05, 3.63) is 65.2 Å². The van der Waals surface area contributed by atoms with E-state index in [1.165, 1.54) is 0 Å². The predicted molar refractivity (Wildman–Crippen MR) is 111 cm³/mol. The number of aliphatic hydroxyl groups excluding tert-OH is 1. The van der Waals surface area contributed by atoms with Crippen LogP contribution in [0.15, 0.2) is 57.9 Å². The van der Waals surface area contributed by atoms with Gasteiger partial charge in [-0.25, -0.2) is 4.98 Å². The summed E-state index contributed by atoms with van der Waals surface area (Å²) < 4.78 is 5.70. The van der Waals surface area contributed by atoms with Crippen molar-refractivity contribution in [2.45, 2.75) is 19.1 Å². The lowest BCUT2D eigenvalue weighted by Crippen LogP contribution is -1.95. The number of hydrogen-bond acceptors (Lipinski definition) is 7. The first-order valence-corrected chi connectivity index (χ1v) is 9.84. The van der Waals surface area contributed by atoms with Gasteiger partial charge in [-0.1, -0.05) is 41.1 Å². The molecule has 2 N–H and O–H groups in total. The molecule has 0 atom stereocenters. The molecular weight excluding hydrogens is 386 g/mol. The van der Waals surface area contributed by atoms with Crippen LogP contribution >= 0.6 is 11.8 Å². The van der Waals surface area contributed by atoms with E-state index in [1.807, 2.05) is 56.3 Å². The minimum absolute atomic E-state index is 0.0859. The summed E-state index contributed by atoms with van der Waals surface area (Å²) in [6, 6.07) is 15.5. The van der Waals surface area contributed by atoms with Crippen LogP contribution in [-0.2, 0) is 0 Å². The Labute approximate surface area is 171 Å². The molecule has 0 radical (unpaired) electrons. The van der Waals surface area contributed by atoms with Crippen LogP contribution in [-0.4, -0.2) is 31.0 Å². The van der Waals surface area contributed by atoms with Crippen LogP contribution < -0.4 is 0 Å². The smallest absolute Gasteiger partial charge is 0.277 e. The van der Waals surface area contributed by atoms with E-state index in [2.05, 4.69) is 26.2 Å². The number of rotatable bonds is 5. The lowest BCUT2D eigenvalue weighted by atomic mass is 10.1. The lowest BCUT2D eigenvalue weighted by molar-refractivity contribution is 0.418. The molecule has 0 aliphatic heterocycles. The molecule has 4 aromatic rings. The van der Waals surface area contributed by atoms with Gasteiger partial charge in [-0.05, 0) is 38.1 Å². The van der Waals surface area contributed by atoms with Crippen LogP contribution in [0.3, 0.4) is 0 Å². The summed E-state index contributed by atoms with van der Waals surface area (Å²) in [5.74, 6) is 0.741. The Kier molecular flexibility index (Phi) is 5.06. The Hall–Kier alpha value is -3.57. The van der Waals surface area contributed by atoms with Crippen LogP contribution in [0.2, 0.25) is 0 Å². The van der Waals surface area contributed by atoms with Crippen molar-refractivity contribution >= 4 is 28.4 Å². The Balaban J connectivity index is 1.53. The fourth-order valence-corrected chi connectivity index (χ4v) is 3.65. The monoisotopic (exact) mass is 403 g/mol. The Bertz CT molecular complexity index is 1210. The van der Waals surface area contributed by atoms with Gasteiger partial charge >= 0.3 is 0 Å². The number of nitriles is 1. The molecule has 0 aliphatic rings. The Morgan fingerprint density at radius 3 is 2.66 bits per heavy atom. The number of allylic oxidation sites excluding steroid dienone is 1. The molecule has 7 nitrogen and oxygen atoms in total. The maximum Gasteiger partial charge on any atom is 0.277 e. The van der Waals surface area contributed by atoms with Gasteiger partial charge in [0.25, 0.3) is 5.22 Å². The first kappa shape index (κ1) is 18.8. The molecular formula is C21H17N5O2S. The van der Waals surface area contributed by atoms with Crippen LogP contribution in [0, 0.1) is 25.2 Å². The molecule has 8 heteroatoms. The first-order valence-electron chi connectivity index (χ1n) is 8.86. The van der Waals surface area contributed by atoms with E-state index in [-0.39, 0.29) is 17.1 Å². The lowest BCUT2D eigenvalue weighted by Gasteiger charge is -2.01. The third kappa shape index (κ3) is 4.00. The third-order valence-electron chi connectivity index (χ3n) is 4.23. The number of aromatic nitrogens is 4. The predicted octanol–water partition coefficient (Wildman–Crippen LogP) is 4.81. The highest BCUT2D eigenvalue weighted by molar-refractivity contribution is 7.99. The minimum atomic E-state index is -0.109. The second-order valence-corrected chi connectivity index (χ2v) is 7.50. The number of benzene rings is 2. The number of thioether (sulfide) groups is 1. The molecule has 2 aromatic heterocycles. The molecule has 0 saturated heterocycles. The molecule has 0 saturated carbocycles. The fourth-order valence-electron chi connectivity index (χ4n) is 3.01. The summed E-state index contributed by atoms with van der Waals surface area (Å²) in [6.45, 7) is 4.01. The maximum atomic E-state index is 10.4. The number of nitrogens with one attached hydrogen (secondary N) is 1. The number of aryl methyl sites for hydroxylation is 2. The second-order valence-electron chi connectivity index (χ2n) is 6.57. The molecule has 144 valence electrons. The van der Waals surface area contributed by atoms with Gasteiger partial charge < -0.3 is 14.5 Å². The van der Waals surface area contributed by atoms with Gasteiger partial charge in [-0.2, -0.15) is 5.26 Å². The number of fused-ring (bicyclic) bond motifs is 1. The molecule has 0 spiro atoms. The first-order chi connectivity index (χ1) is 14.0. The second kappa shape index (κ2) is 7.81. The summed E-state index contributed by atoms with van der Waals surface area (Å²) in [5, 5.41) is 28.3. The molecule has 0 aliphatic carbocycles. The highest BCUT2D eigenvalue weighted by Gasteiger charge is 2.16. The van der Waals surface area contributed by atoms with E-state index >= 15 is 0 Å². The van der Waals surface area contributed by atoms with E-state index in [9.17, 15) is 10.4 Å². The molecule has 2 heterocycles. The average molecular weight is 403 g/mol. The van der Waals surface area contributed by atoms with Gasteiger partial charge in [-0.3, -0.25) is 0 Å². The van der Waals surface area contributed by atoms with E-state index in [0.29, 0.717) is 16.9 Å². The average Bonchev–Trinajstić information content (AvgIpc) is 3.33. The van der Waals surface area contributed by atoms with Gasteiger partial charge in [0.1, 0.15) is 17.4 Å². The number of hydrogen-bond donors (Lipinski definition) is 2. The largest absolute Gasteiger partial charge is 0.510 e. The quantitative estimate of drug-likeness (QED) is 0.279. The van der Waals surface area contributed by atoms with Gasteiger partial charge in [-0.15, -0.1) is 10.2 Å². The molecule has 29 heavy (non-hydrogen) atoms. The minimum Gasteiger partial charge on any atom is -0.510 e. The number of aliphatic hydroxyl groups is 1. The molecule has 0 unspecified atom stereocenters. The summed E-state index contributed by atoms with van der Waals surface area (Å²) >= 11 is 1.16. The van der Waals surface area contributed by atoms with Crippen LogP contribution in [0.5, 0.6) is 0 Å². The van der Waals surface area contributed by atoms with E-state index in [1.54, 1.807) is 0 Å². The van der Waals surface area contributed by atoms with Gasteiger partial charge in [0.05, 0.1) is 16.8 Å². The van der Waals surface area contributed by atoms with Crippen molar-refractivity contribution in [3.8, 4) is 17.5 Å². The van der Waals surface area contributed by atoms with Crippen molar-refractivity contribution in [2.75, 3.05) is 5.75 Å². The van der Waals surface area contributed by atoms with E-state index < -0.39 is 0 Å². The topological polar surface area (TPSA) is 112 Å². The van der Waals surface area contributed by atoms with Crippen molar-refractivity contribution < 1.29 is 9.52 Å².